The monoisotopic (exact) mass is 212 g/mol. The number of nitrogens with one attached hydrogen (secondary N) is 1. The molecule has 15 heavy (non-hydrogen) atoms. The quantitative estimate of drug-likeness (QED) is 0.699. The Hall–Kier alpha value is -1.62. The van der Waals surface area contributed by atoms with Crippen LogP contribution in [-0.4, -0.2) is 17.7 Å². The Morgan fingerprint density at radius 1 is 1.53 bits per heavy atom. The summed E-state index contributed by atoms with van der Waals surface area (Å²) in [7, 11) is 0. The molecule has 1 amide bonds. The van der Waals surface area contributed by atoms with Crippen LogP contribution in [0.1, 0.15) is 11.1 Å². The summed E-state index contributed by atoms with van der Waals surface area (Å²) in [5.41, 5.74) is 6.56. The Labute approximate surface area is 86.9 Å². The summed E-state index contributed by atoms with van der Waals surface area (Å²) < 4.78 is 13.3. The SMILES string of the molecule is NCc1ccc(CCNC(=O)O)c(F)c1. The predicted molar refractivity (Wildman–Crippen MR) is 54.0 cm³/mol. The summed E-state index contributed by atoms with van der Waals surface area (Å²) in [4.78, 5) is 10.2. The van der Waals surface area contributed by atoms with Gasteiger partial charge in [-0.1, -0.05) is 12.1 Å². The van der Waals surface area contributed by atoms with E-state index >= 15 is 0 Å². The average molecular weight is 212 g/mol. The fourth-order valence-electron chi connectivity index (χ4n) is 1.22. The number of nitrogens with two attached hydrogens (primary N) is 1. The molecule has 0 aliphatic rings. The van der Waals surface area contributed by atoms with Crippen molar-refractivity contribution >= 4 is 6.09 Å². The van der Waals surface area contributed by atoms with Gasteiger partial charge < -0.3 is 16.2 Å². The van der Waals surface area contributed by atoms with Crippen molar-refractivity contribution in [3.63, 3.8) is 0 Å². The molecule has 0 aromatic heterocycles. The molecule has 0 saturated carbocycles. The molecule has 0 fully saturated rings. The van der Waals surface area contributed by atoms with Gasteiger partial charge in [0.25, 0.3) is 0 Å². The van der Waals surface area contributed by atoms with Crippen molar-refractivity contribution in [2.24, 2.45) is 5.73 Å². The molecule has 0 radical (unpaired) electrons. The second kappa shape index (κ2) is 5.31. The number of hydrogen-bond donors (Lipinski definition) is 3. The molecule has 1 aromatic carbocycles. The van der Waals surface area contributed by atoms with Gasteiger partial charge >= 0.3 is 6.09 Å². The molecule has 0 spiro atoms. The maximum Gasteiger partial charge on any atom is 0.404 e. The normalized spacial score (nSPS) is 10.0. The number of benzene rings is 1. The topological polar surface area (TPSA) is 75.3 Å². The van der Waals surface area contributed by atoms with E-state index in [2.05, 4.69) is 5.32 Å². The highest BCUT2D eigenvalue weighted by Gasteiger charge is 2.03. The number of carbonyl (C=O) groups is 1. The Morgan fingerprint density at radius 2 is 2.27 bits per heavy atom. The van der Waals surface area contributed by atoms with Gasteiger partial charge in [0, 0.05) is 13.1 Å². The molecule has 82 valence electrons. The zero-order valence-corrected chi connectivity index (χ0v) is 8.16. The first kappa shape index (κ1) is 11.5. The molecule has 4 nitrogen and oxygen atoms in total. The Kier molecular flexibility index (Phi) is 4.05. The molecule has 5 heteroatoms. The first-order chi connectivity index (χ1) is 7.13. The second-order valence-electron chi connectivity index (χ2n) is 3.11. The summed E-state index contributed by atoms with van der Waals surface area (Å²) in [6.07, 6.45) is -0.766. The lowest BCUT2D eigenvalue weighted by molar-refractivity contribution is 0.194. The van der Waals surface area contributed by atoms with Crippen molar-refractivity contribution in [1.82, 2.24) is 5.32 Å². The van der Waals surface area contributed by atoms with Crippen molar-refractivity contribution < 1.29 is 14.3 Å². The zero-order chi connectivity index (χ0) is 11.3. The maximum atomic E-state index is 13.3. The first-order valence-electron chi connectivity index (χ1n) is 4.57. The number of hydrogen-bond acceptors (Lipinski definition) is 2. The minimum absolute atomic E-state index is 0.203. The van der Waals surface area contributed by atoms with E-state index in [0.29, 0.717) is 18.5 Å². The summed E-state index contributed by atoms with van der Waals surface area (Å²) >= 11 is 0. The van der Waals surface area contributed by atoms with Gasteiger partial charge in [-0.05, 0) is 23.6 Å². The highest BCUT2D eigenvalue weighted by Crippen LogP contribution is 2.10. The van der Waals surface area contributed by atoms with Crippen molar-refractivity contribution in [3.8, 4) is 0 Å². The standard InChI is InChI=1S/C10H13FN2O2/c11-9-5-7(6-12)1-2-8(9)3-4-13-10(14)15/h1-2,5,13H,3-4,6,12H2,(H,14,15). The molecule has 0 saturated heterocycles. The summed E-state index contributed by atoms with van der Waals surface area (Å²) in [6.45, 7) is 0.499. The summed E-state index contributed by atoms with van der Waals surface area (Å²) in [5, 5.41) is 10.5. The third-order valence-corrected chi connectivity index (χ3v) is 2.02. The zero-order valence-electron chi connectivity index (χ0n) is 8.16. The van der Waals surface area contributed by atoms with Crippen molar-refractivity contribution in [1.29, 1.82) is 0 Å². The molecule has 4 N–H and O–H groups in total. The lowest BCUT2D eigenvalue weighted by Crippen LogP contribution is -2.23. The molecule has 0 aliphatic heterocycles. The fraction of sp³-hybridized carbons (Fsp3) is 0.300. The fourth-order valence-corrected chi connectivity index (χ4v) is 1.22. The maximum absolute atomic E-state index is 13.3. The van der Waals surface area contributed by atoms with Gasteiger partial charge in [-0.3, -0.25) is 0 Å². The molecule has 1 aromatic rings. The van der Waals surface area contributed by atoms with E-state index in [1.165, 1.54) is 6.07 Å². The van der Waals surface area contributed by atoms with E-state index in [4.69, 9.17) is 10.8 Å². The van der Waals surface area contributed by atoms with Crippen molar-refractivity contribution in [2.45, 2.75) is 13.0 Å². The minimum Gasteiger partial charge on any atom is -0.465 e. The highest BCUT2D eigenvalue weighted by atomic mass is 19.1. The largest absolute Gasteiger partial charge is 0.465 e. The van der Waals surface area contributed by atoms with Crippen LogP contribution in [0.25, 0.3) is 0 Å². The van der Waals surface area contributed by atoms with Crippen LogP contribution in [0.2, 0.25) is 0 Å². The van der Waals surface area contributed by atoms with E-state index in [1.807, 2.05) is 0 Å². The van der Waals surface area contributed by atoms with E-state index in [9.17, 15) is 9.18 Å². The molecule has 0 atom stereocenters. The number of carboxylic acid groups (broad SMARTS) is 1. The number of amides is 1. The van der Waals surface area contributed by atoms with E-state index < -0.39 is 6.09 Å². The molecule has 0 aliphatic carbocycles. The van der Waals surface area contributed by atoms with Crippen LogP contribution in [0.15, 0.2) is 18.2 Å². The molecule has 0 bridgehead atoms. The van der Waals surface area contributed by atoms with Crippen molar-refractivity contribution in [2.75, 3.05) is 6.54 Å². The molecule has 0 heterocycles. The van der Waals surface area contributed by atoms with E-state index in [0.717, 1.165) is 5.56 Å². The lowest BCUT2D eigenvalue weighted by atomic mass is 10.1. The van der Waals surface area contributed by atoms with Gasteiger partial charge in [-0.2, -0.15) is 0 Å². The number of rotatable bonds is 4. The van der Waals surface area contributed by atoms with Crippen LogP contribution in [0.3, 0.4) is 0 Å². The van der Waals surface area contributed by atoms with Crippen LogP contribution < -0.4 is 11.1 Å². The Bertz CT molecular complexity index is 355. The predicted octanol–water partition coefficient (Wildman–Crippen LogP) is 1.09. The molecular weight excluding hydrogens is 199 g/mol. The van der Waals surface area contributed by atoms with Crippen LogP contribution >= 0.6 is 0 Å². The van der Waals surface area contributed by atoms with Gasteiger partial charge in [0.15, 0.2) is 0 Å². The first-order valence-corrected chi connectivity index (χ1v) is 4.57. The van der Waals surface area contributed by atoms with E-state index in [1.54, 1.807) is 12.1 Å². The lowest BCUT2D eigenvalue weighted by Gasteiger charge is -2.05. The van der Waals surface area contributed by atoms with Crippen LogP contribution in [0.4, 0.5) is 9.18 Å². The molecule has 0 unspecified atom stereocenters. The Balaban J connectivity index is 2.58. The number of halogens is 1. The van der Waals surface area contributed by atoms with Crippen LogP contribution in [0, 0.1) is 5.82 Å². The van der Waals surface area contributed by atoms with Gasteiger partial charge in [0.2, 0.25) is 0 Å². The van der Waals surface area contributed by atoms with Crippen LogP contribution in [-0.2, 0) is 13.0 Å². The van der Waals surface area contributed by atoms with Crippen LogP contribution in [0.5, 0.6) is 0 Å². The van der Waals surface area contributed by atoms with E-state index in [-0.39, 0.29) is 12.4 Å². The summed E-state index contributed by atoms with van der Waals surface area (Å²) in [6, 6.07) is 4.73. The van der Waals surface area contributed by atoms with Gasteiger partial charge in [-0.25, -0.2) is 9.18 Å². The van der Waals surface area contributed by atoms with Gasteiger partial charge in [-0.15, -0.1) is 0 Å². The smallest absolute Gasteiger partial charge is 0.404 e. The molecular formula is C10H13FN2O2. The third kappa shape index (κ3) is 3.55. The third-order valence-electron chi connectivity index (χ3n) is 2.02. The summed E-state index contributed by atoms with van der Waals surface area (Å²) in [5.74, 6) is -0.342. The average Bonchev–Trinajstić information content (AvgIpc) is 2.20. The molecule has 1 rings (SSSR count). The van der Waals surface area contributed by atoms with Gasteiger partial charge in [0.05, 0.1) is 0 Å². The highest BCUT2D eigenvalue weighted by molar-refractivity contribution is 5.64. The van der Waals surface area contributed by atoms with Gasteiger partial charge in [0.1, 0.15) is 5.82 Å². The Morgan fingerprint density at radius 3 is 2.80 bits per heavy atom. The van der Waals surface area contributed by atoms with Crippen molar-refractivity contribution in [3.05, 3.63) is 35.1 Å². The minimum atomic E-state index is -1.10. The second-order valence-corrected chi connectivity index (χ2v) is 3.11.